The lowest BCUT2D eigenvalue weighted by Crippen LogP contribution is -2.40. The summed E-state index contributed by atoms with van der Waals surface area (Å²) in [5, 5.41) is 9.95. The molecule has 4 rings (SSSR count). The summed E-state index contributed by atoms with van der Waals surface area (Å²) in [5.41, 5.74) is 0. The lowest BCUT2D eigenvalue weighted by molar-refractivity contribution is -0.124. The molecule has 1 amide bonds. The van der Waals surface area contributed by atoms with E-state index in [-0.39, 0.29) is 23.2 Å². The molecule has 33 heavy (non-hydrogen) atoms. The van der Waals surface area contributed by atoms with Gasteiger partial charge in [-0.05, 0) is 60.7 Å². The maximum atomic E-state index is 13.2. The molecule has 0 unspecified atom stereocenters. The summed E-state index contributed by atoms with van der Waals surface area (Å²) >= 11 is 6.01. The number of likely N-dealkylation sites (tertiary alicyclic amines) is 1. The minimum absolute atomic E-state index is 0. The second-order valence-electron chi connectivity index (χ2n) is 8.11. The van der Waals surface area contributed by atoms with E-state index in [4.69, 9.17) is 17.0 Å². The molecule has 0 bridgehead atoms. The van der Waals surface area contributed by atoms with Crippen LogP contribution in [0.5, 0.6) is 0 Å². The third kappa shape index (κ3) is 5.51. The predicted octanol–water partition coefficient (Wildman–Crippen LogP) is 4.44. The average molecular weight is 509 g/mol. The van der Waals surface area contributed by atoms with Crippen LogP contribution in [0, 0.1) is 11.3 Å². The van der Waals surface area contributed by atoms with Crippen LogP contribution in [0.25, 0.3) is 10.8 Å². The molecule has 1 fully saturated rings. The molecule has 2 aliphatic heterocycles. The van der Waals surface area contributed by atoms with Gasteiger partial charge in [0, 0.05) is 49.3 Å². The Balaban J connectivity index is 0.00000306. The van der Waals surface area contributed by atoms with Crippen LogP contribution < -0.4 is 0 Å². The average Bonchev–Trinajstić information content (AvgIpc) is 2.95. The van der Waals surface area contributed by atoms with Crippen LogP contribution >= 0.6 is 24.0 Å². The van der Waals surface area contributed by atoms with Crippen LogP contribution in [0.3, 0.4) is 0 Å². The van der Waals surface area contributed by atoms with Crippen molar-refractivity contribution in [1.29, 1.82) is 5.41 Å². The third-order valence-electron chi connectivity index (χ3n) is 5.93. The Hall–Kier alpha value is -2.55. The first-order valence-corrected chi connectivity index (χ1v) is 12.3. The fourth-order valence-electron chi connectivity index (χ4n) is 4.02. The number of amides is 1. The van der Waals surface area contributed by atoms with E-state index in [0.717, 1.165) is 41.0 Å². The number of hydrogen-bond acceptors (Lipinski definition) is 4. The summed E-state index contributed by atoms with van der Waals surface area (Å²) in [5.74, 6) is 0.621. The molecule has 2 aromatic rings. The van der Waals surface area contributed by atoms with Crippen molar-refractivity contribution in [2.75, 3.05) is 19.6 Å². The Kier molecular flexibility index (Phi) is 7.72. The van der Waals surface area contributed by atoms with Crippen LogP contribution in [0.15, 0.2) is 66.0 Å². The van der Waals surface area contributed by atoms with Gasteiger partial charge in [-0.15, -0.1) is 12.4 Å². The van der Waals surface area contributed by atoms with Crippen molar-refractivity contribution < 1.29 is 13.2 Å². The van der Waals surface area contributed by atoms with Crippen molar-refractivity contribution in [3.8, 4) is 0 Å². The molecule has 1 N–H and O–H groups in total. The second-order valence-corrected chi connectivity index (χ2v) is 10.4. The maximum absolute atomic E-state index is 13.2. The highest BCUT2D eigenvalue weighted by atomic mass is 35.5. The predicted molar refractivity (Wildman–Crippen MR) is 133 cm³/mol. The lowest BCUT2D eigenvalue weighted by Gasteiger charge is -2.34. The van der Waals surface area contributed by atoms with Gasteiger partial charge in [-0.25, -0.2) is 12.7 Å². The van der Waals surface area contributed by atoms with Crippen LogP contribution in [-0.4, -0.2) is 53.9 Å². The topological polar surface area (TPSA) is 84.8 Å². The molecule has 2 heterocycles. The molecule has 0 spiro atoms. The van der Waals surface area contributed by atoms with Crippen LogP contribution in [0.4, 0.5) is 0 Å². The van der Waals surface area contributed by atoms with Gasteiger partial charge in [0.2, 0.25) is 0 Å². The zero-order valence-electron chi connectivity index (χ0n) is 18.1. The van der Waals surface area contributed by atoms with Gasteiger partial charge in [-0.2, -0.15) is 0 Å². The Morgan fingerprint density at radius 2 is 1.73 bits per heavy atom. The molecule has 0 aliphatic carbocycles. The zero-order valence-corrected chi connectivity index (χ0v) is 20.5. The summed E-state index contributed by atoms with van der Waals surface area (Å²) in [6.45, 7) is 3.91. The molecular weight excluding hydrogens is 483 g/mol. The molecule has 0 radical (unpaired) electrons. The molecule has 7 nitrogen and oxygen atoms in total. The standard InChI is InChI=1S/C23H25ClN4O3S.ClH/c1-17(25)26-9-6-18(7-10-26)16-27-12-13-28(11-8-23(27)29)32(30,31)22-5-3-19-14-21(24)4-2-20(19)15-22;/h2-5,8,11-15,18,25H,6-7,9-10,16H2,1H3;1H. The summed E-state index contributed by atoms with van der Waals surface area (Å²) in [6.07, 6.45) is 7.31. The molecule has 0 atom stereocenters. The highest BCUT2D eigenvalue weighted by Gasteiger charge is 2.26. The van der Waals surface area contributed by atoms with Gasteiger partial charge < -0.3 is 9.80 Å². The Morgan fingerprint density at radius 3 is 2.42 bits per heavy atom. The molecule has 0 saturated carbocycles. The van der Waals surface area contributed by atoms with E-state index < -0.39 is 10.0 Å². The number of sulfonamides is 1. The number of nitrogens with one attached hydrogen (secondary N) is 1. The summed E-state index contributed by atoms with van der Waals surface area (Å²) < 4.78 is 27.5. The number of nitrogens with zero attached hydrogens (tertiary/aromatic N) is 3. The normalized spacial score (nSPS) is 17.3. The summed E-state index contributed by atoms with van der Waals surface area (Å²) in [4.78, 5) is 16.3. The first-order chi connectivity index (χ1) is 15.2. The first-order valence-electron chi connectivity index (χ1n) is 10.4. The Bertz CT molecular complexity index is 1220. The van der Waals surface area contributed by atoms with Crippen molar-refractivity contribution in [3.63, 3.8) is 0 Å². The number of fused-ring (bicyclic) bond motifs is 1. The highest BCUT2D eigenvalue weighted by molar-refractivity contribution is 7.89. The smallest absolute Gasteiger partial charge is 0.267 e. The zero-order chi connectivity index (χ0) is 22.9. The van der Waals surface area contributed by atoms with E-state index in [1.807, 2.05) is 4.90 Å². The number of benzene rings is 2. The number of piperidine rings is 1. The van der Waals surface area contributed by atoms with Crippen LogP contribution in [0.2, 0.25) is 5.02 Å². The molecular formula is C23H26Cl2N4O3S. The molecule has 2 aromatic carbocycles. The summed E-state index contributed by atoms with van der Waals surface area (Å²) in [6, 6.07) is 10.1. The van der Waals surface area contributed by atoms with Gasteiger partial charge >= 0.3 is 0 Å². The van der Waals surface area contributed by atoms with E-state index in [9.17, 15) is 13.2 Å². The van der Waals surface area contributed by atoms with E-state index in [1.54, 1.807) is 48.2 Å². The van der Waals surface area contributed by atoms with E-state index >= 15 is 0 Å². The van der Waals surface area contributed by atoms with Gasteiger partial charge in [0.1, 0.15) is 0 Å². The van der Waals surface area contributed by atoms with Crippen molar-refractivity contribution in [1.82, 2.24) is 14.1 Å². The minimum Gasteiger partial charge on any atom is -0.361 e. The first kappa shape index (κ1) is 25.1. The van der Waals surface area contributed by atoms with Crippen molar-refractivity contribution in [2.45, 2.75) is 24.7 Å². The molecule has 176 valence electrons. The van der Waals surface area contributed by atoms with Crippen LogP contribution in [0.1, 0.15) is 19.8 Å². The number of halogens is 2. The largest absolute Gasteiger partial charge is 0.361 e. The highest BCUT2D eigenvalue weighted by Crippen LogP contribution is 2.26. The monoisotopic (exact) mass is 508 g/mol. The molecule has 10 heteroatoms. The number of carbonyl (C=O) groups excluding carboxylic acids is 1. The van der Waals surface area contributed by atoms with E-state index in [1.165, 1.54) is 24.7 Å². The second kappa shape index (κ2) is 10.2. The number of amidine groups is 1. The van der Waals surface area contributed by atoms with Gasteiger partial charge in [0.05, 0.1) is 10.7 Å². The van der Waals surface area contributed by atoms with Crippen LogP contribution in [-0.2, 0) is 14.8 Å². The fraction of sp³-hybridized carbons (Fsp3) is 0.304. The fourth-order valence-corrected chi connectivity index (χ4v) is 5.39. The molecule has 0 aromatic heterocycles. The number of rotatable bonds is 4. The minimum atomic E-state index is -3.87. The molecule has 2 aliphatic rings. The number of carbonyl (C=O) groups is 1. The molecule has 1 saturated heterocycles. The van der Waals surface area contributed by atoms with Crippen molar-refractivity contribution in [3.05, 3.63) is 66.1 Å². The third-order valence-corrected chi connectivity index (χ3v) is 7.82. The van der Waals surface area contributed by atoms with Gasteiger partial charge in [-0.1, -0.05) is 23.7 Å². The van der Waals surface area contributed by atoms with E-state index in [2.05, 4.69) is 0 Å². The SMILES string of the molecule is CC(=N)N1CCC(CN2C=CN(S(=O)(=O)c3ccc4cc(Cl)ccc4c3)C=CC2=O)CC1.Cl. The van der Waals surface area contributed by atoms with Gasteiger partial charge in [0.15, 0.2) is 0 Å². The number of hydrogen-bond donors (Lipinski definition) is 1. The lowest BCUT2D eigenvalue weighted by atomic mass is 9.96. The maximum Gasteiger partial charge on any atom is 0.267 e. The van der Waals surface area contributed by atoms with Gasteiger partial charge in [-0.3, -0.25) is 10.2 Å². The quantitative estimate of drug-likeness (QED) is 0.488. The Morgan fingerprint density at radius 1 is 1.06 bits per heavy atom. The van der Waals surface area contributed by atoms with E-state index in [0.29, 0.717) is 23.3 Å². The van der Waals surface area contributed by atoms with Crippen molar-refractivity contribution in [2.24, 2.45) is 5.92 Å². The Labute approximate surface area is 205 Å². The summed E-state index contributed by atoms with van der Waals surface area (Å²) in [7, 11) is -3.87. The van der Waals surface area contributed by atoms with Crippen molar-refractivity contribution >= 4 is 56.5 Å². The van der Waals surface area contributed by atoms with Gasteiger partial charge in [0.25, 0.3) is 15.9 Å².